The van der Waals surface area contributed by atoms with Gasteiger partial charge in [-0.15, -0.1) is 0 Å². The van der Waals surface area contributed by atoms with Crippen molar-refractivity contribution in [2.24, 2.45) is 0 Å². The van der Waals surface area contributed by atoms with E-state index in [4.69, 9.17) is 0 Å². The van der Waals surface area contributed by atoms with Crippen LogP contribution in [0.5, 0.6) is 0 Å². The van der Waals surface area contributed by atoms with Crippen molar-refractivity contribution in [2.75, 3.05) is 0 Å². The second-order valence-corrected chi connectivity index (χ2v) is 5.36. The van der Waals surface area contributed by atoms with E-state index in [1.165, 1.54) is 34.7 Å². The third kappa shape index (κ3) is 3.74. The molecule has 116 valence electrons. The van der Waals surface area contributed by atoms with E-state index in [0.717, 1.165) is 6.42 Å². The molecular formula is C21H20SW. The minimum absolute atomic E-state index is 0.0796. The molecule has 23 heavy (non-hydrogen) atoms. The standard InChI is InChI=1S/C21H20.S.W/c1-2-21(18-12-6-3-7-13-18,19-14-8-4-9-15-19)20-16-10-5-11-17-20;;/h3-17H,2H2,1H3;;. The van der Waals surface area contributed by atoms with Gasteiger partial charge in [-0.3, -0.25) is 0 Å². The molecule has 3 aromatic carbocycles. The Morgan fingerprint density at radius 1 is 0.609 bits per heavy atom. The second-order valence-electron chi connectivity index (χ2n) is 5.36. The molecule has 0 N–H and O–H groups in total. The molecule has 0 unspecified atom stereocenters. The summed E-state index contributed by atoms with van der Waals surface area (Å²) in [6, 6.07) is 32.5. The van der Waals surface area contributed by atoms with E-state index in [1.54, 1.807) is 0 Å². The first-order valence-corrected chi connectivity index (χ1v) is 11.6. The zero-order valence-electron chi connectivity index (χ0n) is 13.2. The summed E-state index contributed by atoms with van der Waals surface area (Å²) in [5, 5.41) is 0. The molecule has 0 aromatic heterocycles. The van der Waals surface area contributed by atoms with Crippen LogP contribution in [0, 0.1) is 0 Å². The summed E-state index contributed by atoms with van der Waals surface area (Å²) in [5.41, 5.74) is 3.98. The topological polar surface area (TPSA) is 0 Å². The van der Waals surface area contributed by atoms with Crippen LogP contribution in [0.2, 0.25) is 0 Å². The molecule has 3 rings (SSSR count). The summed E-state index contributed by atoms with van der Waals surface area (Å²) in [4.78, 5) is 0. The molecule has 0 amide bonds. The summed E-state index contributed by atoms with van der Waals surface area (Å²) >= 11 is 1.17. The zero-order chi connectivity index (χ0) is 16.5. The molecule has 0 aliphatic rings. The Kier molecular flexibility index (Phi) is 7.02. The van der Waals surface area contributed by atoms with Gasteiger partial charge in [0.25, 0.3) is 0 Å². The van der Waals surface area contributed by atoms with Gasteiger partial charge in [-0.1, -0.05) is 97.9 Å². The van der Waals surface area contributed by atoms with Crippen LogP contribution in [0.15, 0.2) is 91.0 Å². The van der Waals surface area contributed by atoms with Gasteiger partial charge in [0.05, 0.1) is 0 Å². The number of hydrogen-bond donors (Lipinski definition) is 0. The summed E-state index contributed by atoms with van der Waals surface area (Å²) in [5.74, 6) is 0. The molecule has 0 aliphatic heterocycles. The van der Waals surface area contributed by atoms with Gasteiger partial charge in [-0.2, -0.15) is 0 Å². The Balaban J connectivity index is 0.000000924. The van der Waals surface area contributed by atoms with Gasteiger partial charge in [0.1, 0.15) is 0 Å². The minimum atomic E-state index is -0.0796. The van der Waals surface area contributed by atoms with Crippen molar-refractivity contribution in [1.82, 2.24) is 0 Å². The molecular weight excluding hydrogens is 468 g/mol. The molecule has 0 saturated heterocycles. The molecule has 0 bridgehead atoms. The maximum atomic E-state index is 4.17. The normalized spacial score (nSPS) is 10.5. The van der Waals surface area contributed by atoms with Crippen molar-refractivity contribution in [2.45, 2.75) is 18.8 Å². The van der Waals surface area contributed by atoms with E-state index < -0.39 is 0 Å². The number of benzene rings is 3. The molecule has 0 heterocycles. The average Bonchev–Trinajstić information content (AvgIpc) is 2.67. The summed E-state index contributed by atoms with van der Waals surface area (Å²) in [7, 11) is 4.17. The second kappa shape index (κ2) is 9.01. The van der Waals surface area contributed by atoms with Gasteiger partial charge in [0.15, 0.2) is 0 Å². The first-order chi connectivity index (χ1) is 11.4. The van der Waals surface area contributed by atoms with E-state index >= 15 is 0 Å². The van der Waals surface area contributed by atoms with E-state index in [1.807, 2.05) is 0 Å². The molecule has 0 atom stereocenters. The van der Waals surface area contributed by atoms with Crippen molar-refractivity contribution in [3.63, 3.8) is 0 Å². The van der Waals surface area contributed by atoms with Crippen LogP contribution < -0.4 is 0 Å². The molecule has 2 heteroatoms. The van der Waals surface area contributed by atoms with E-state index in [0.29, 0.717) is 0 Å². The molecule has 0 radical (unpaired) electrons. The molecule has 0 fully saturated rings. The fraction of sp³-hybridized carbons (Fsp3) is 0.143. The van der Waals surface area contributed by atoms with Crippen LogP contribution in [0.3, 0.4) is 0 Å². The van der Waals surface area contributed by atoms with Gasteiger partial charge in [-0.25, -0.2) is 0 Å². The Labute approximate surface area is 153 Å². The predicted octanol–water partition coefficient (Wildman–Crippen LogP) is 6.08. The van der Waals surface area contributed by atoms with Crippen LogP contribution in [-0.2, 0) is 23.4 Å². The molecule has 0 saturated carbocycles. The number of hydrogen-bond acceptors (Lipinski definition) is 1. The first-order valence-electron chi connectivity index (χ1n) is 7.71. The summed E-state index contributed by atoms with van der Waals surface area (Å²) in [6.07, 6.45) is 1.03. The van der Waals surface area contributed by atoms with Crippen LogP contribution in [0.25, 0.3) is 0 Å². The molecule has 3 aromatic rings. The van der Waals surface area contributed by atoms with Gasteiger partial charge in [0.2, 0.25) is 0 Å². The van der Waals surface area contributed by atoms with Gasteiger partial charge >= 0.3 is 27.8 Å². The van der Waals surface area contributed by atoms with Gasteiger partial charge in [-0.05, 0) is 23.1 Å². The number of rotatable bonds is 4. The molecule has 0 nitrogen and oxygen atoms in total. The third-order valence-electron chi connectivity index (χ3n) is 4.33. The zero-order valence-corrected chi connectivity index (χ0v) is 16.9. The van der Waals surface area contributed by atoms with E-state index in [2.05, 4.69) is 108 Å². The Morgan fingerprint density at radius 2 is 0.870 bits per heavy atom. The van der Waals surface area contributed by atoms with Crippen molar-refractivity contribution in [3.8, 4) is 0 Å². The molecule has 0 spiro atoms. The molecule has 0 aliphatic carbocycles. The van der Waals surface area contributed by atoms with Crippen LogP contribution in [-0.4, -0.2) is 0 Å². The monoisotopic (exact) mass is 488 g/mol. The van der Waals surface area contributed by atoms with Crippen molar-refractivity contribution < 1.29 is 18.0 Å². The average molecular weight is 488 g/mol. The van der Waals surface area contributed by atoms with Crippen LogP contribution >= 0.6 is 9.82 Å². The van der Waals surface area contributed by atoms with Crippen LogP contribution in [0.4, 0.5) is 0 Å². The maximum absolute atomic E-state index is 4.17. The van der Waals surface area contributed by atoms with Gasteiger partial charge in [0, 0.05) is 5.41 Å². The van der Waals surface area contributed by atoms with Crippen molar-refractivity contribution >= 4 is 9.82 Å². The Hall–Kier alpha value is -1.43. The van der Waals surface area contributed by atoms with E-state index in [9.17, 15) is 0 Å². The first kappa shape index (κ1) is 17.9. The summed E-state index contributed by atoms with van der Waals surface area (Å²) < 4.78 is 0. The fourth-order valence-electron chi connectivity index (χ4n) is 3.28. The summed E-state index contributed by atoms with van der Waals surface area (Å²) in [6.45, 7) is 2.27. The fourth-order valence-corrected chi connectivity index (χ4v) is 3.28. The Bertz CT molecular complexity index is 599. The SMILES string of the molecule is CCC(c1ccccc1)(c1ccccc1)c1ccccc1.[S]=[W]. The van der Waals surface area contributed by atoms with E-state index in [-0.39, 0.29) is 5.41 Å². The Morgan fingerprint density at radius 3 is 1.09 bits per heavy atom. The van der Waals surface area contributed by atoms with Crippen LogP contribution in [0.1, 0.15) is 30.0 Å². The van der Waals surface area contributed by atoms with Gasteiger partial charge < -0.3 is 0 Å². The quantitative estimate of drug-likeness (QED) is 0.402. The van der Waals surface area contributed by atoms with Crippen molar-refractivity contribution in [3.05, 3.63) is 108 Å². The third-order valence-corrected chi connectivity index (χ3v) is 4.33. The predicted molar refractivity (Wildman–Crippen MR) is 97.1 cm³/mol. The van der Waals surface area contributed by atoms with Crippen molar-refractivity contribution in [1.29, 1.82) is 0 Å².